The normalized spacial score (nSPS) is 10.1. The van der Waals surface area contributed by atoms with Crippen molar-refractivity contribution in [3.8, 4) is 0 Å². The van der Waals surface area contributed by atoms with Crippen LogP contribution in [0.5, 0.6) is 0 Å². The first-order valence-corrected chi connectivity index (χ1v) is 7.55. The number of anilines is 1. The van der Waals surface area contributed by atoms with Crippen molar-refractivity contribution >= 4 is 17.6 Å². The van der Waals surface area contributed by atoms with Crippen LogP contribution in [-0.2, 0) is 6.54 Å². The lowest BCUT2D eigenvalue weighted by molar-refractivity contribution is 0.0948. The molecule has 2 N–H and O–H groups in total. The summed E-state index contributed by atoms with van der Waals surface area (Å²) in [6.45, 7) is 6.23. The van der Waals surface area contributed by atoms with E-state index in [-0.39, 0.29) is 11.9 Å². The topological polar surface area (TPSA) is 74.6 Å². The highest BCUT2D eigenvalue weighted by molar-refractivity contribution is 5.96. The third kappa shape index (κ3) is 4.49. The number of amides is 3. The van der Waals surface area contributed by atoms with Crippen molar-refractivity contribution in [2.75, 3.05) is 18.9 Å². The molecule has 1 aromatic heterocycles. The van der Waals surface area contributed by atoms with Gasteiger partial charge in [0.15, 0.2) is 0 Å². The number of nitrogens with one attached hydrogen (secondary N) is 2. The summed E-state index contributed by atoms with van der Waals surface area (Å²) in [5.74, 6) is 0.491. The molecule has 0 saturated carbocycles. The molecule has 0 aliphatic rings. The molecular formula is C18H21N3O3. The highest BCUT2D eigenvalue weighted by Crippen LogP contribution is 2.17. The molecule has 6 heteroatoms. The number of nitrogens with zero attached hydrogens (tertiary/aromatic N) is 1. The van der Waals surface area contributed by atoms with Crippen LogP contribution < -0.4 is 10.6 Å². The molecule has 0 fully saturated rings. The third-order valence-electron chi connectivity index (χ3n) is 3.48. The summed E-state index contributed by atoms with van der Waals surface area (Å²) < 4.78 is 5.17. The Morgan fingerprint density at radius 2 is 2.12 bits per heavy atom. The van der Waals surface area contributed by atoms with Gasteiger partial charge in [-0.2, -0.15) is 0 Å². The van der Waals surface area contributed by atoms with Crippen molar-refractivity contribution in [1.29, 1.82) is 0 Å². The fourth-order valence-corrected chi connectivity index (χ4v) is 2.11. The van der Waals surface area contributed by atoms with Crippen LogP contribution in [0, 0.1) is 6.92 Å². The molecule has 24 heavy (non-hydrogen) atoms. The number of carbonyl (C=O) groups excluding carboxylic acids is 2. The largest absolute Gasteiger partial charge is 0.467 e. The van der Waals surface area contributed by atoms with Crippen molar-refractivity contribution in [3.05, 3.63) is 66.1 Å². The summed E-state index contributed by atoms with van der Waals surface area (Å²) in [7, 11) is 1.68. The van der Waals surface area contributed by atoms with Crippen molar-refractivity contribution in [3.63, 3.8) is 0 Å². The van der Waals surface area contributed by atoms with Gasteiger partial charge in [0.2, 0.25) is 0 Å². The molecule has 0 atom stereocenters. The second-order valence-electron chi connectivity index (χ2n) is 5.39. The number of likely N-dealkylation sites (N-methyl/N-ethyl adjacent to an activating group) is 1. The second kappa shape index (κ2) is 8.01. The standard InChI is InChI=1S/C18H21N3O3/c1-4-9-21(3)18(23)20-16-8-7-14(11-13(16)2)17(22)19-12-15-6-5-10-24-15/h4-8,10-11H,1,9,12H2,2-3H3,(H,19,22)(H,20,23). The van der Waals surface area contributed by atoms with Gasteiger partial charge in [0.25, 0.3) is 5.91 Å². The number of furan rings is 1. The average Bonchev–Trinajstić information content (AvgIpc) is 3.08. The molecule has 0 spiro atoms. The zero-order chi connectivity index (χ0) is 17.5. The molecule has 3 amide bonds. The van der Waals surface area contributed by atoms with E-state index in [1.807, 2.05) is 6.92 Å². The maximum atomic E-state index is 12.2. The van der Waals surface area contributed by atoms with Crippen molar-refractivity contribution in [1.82, 2.24) is 10.2 Å². The van der Waals surface area contributed by atoms with E-state index in [0.29, 0.717) is 30.1 Å². The van der Waals surface area contributed by atoms with Gasteiger partial charge in [0.05, 0.1) is 12.8 Å². The quantitative estimate of drug-likeness (QED) is 0.800. The summed E-state index contributed by atoms with van der Waals surface area (Å²) in [4.78, 5) is 25.7. The Labute approximate surface area is 141 Å². The molecule has 0 unspecified atom stereocenters. The Hall–Kier alpha value is -3.02. The van der Waals surface area contributed by atoms with Gasteiger partial charge in [0.1, 0.15) is 5.76 Å². The van der Waals surface area contributed by atoms with E-state index < -0.39 is 0 Å². The maximum Gasteiger partial charge on any atom is 0.321 e. The Morgan fingerprint density at radius 1 is 1.33 bits per heavy atom. The number of hydrogen-bond acceptors (Lipinski definition) is 3. The van der Waals surface area contributed by atoms with Crippen LogP contribution in [0.1, 0.15) is 21.7 Å². The zero-order valence-electron chi connectivity index (χ0n) is 13.8. The van der Waals surface area contributed by atoms with Crippen LogP contribution in [0.15, 0.2) is 53.7 Å². The SMILES string of the molecule is C=CCN(C)C(=O)Nc1ccc(C(=O)NCc2ccco2)cc1C. The van der Waals surface area contributed by atoms with Gasteiger partial charge < -0.3 is 20.0 Å². The van der Waals surface area contributed by atoms with Crippen LogP contribution in [0.25, 0.3) is 0 Å². The average molecular weight is 327 g/mol. The van der Waals surface area contributed by atoms with Gasteiger partial charge in [-0.05, 0) is 42.8 Å². The summed E-state index contributed by atoms with van der Waals surface area (Å²) in [5, 5.41) is 5.59. The van der Waals surface area contributed by atoms with E-state index in [2.05, 4.69) is 17.2 Å². The molecule has 2 rings (SSSR count). The van der Waals surface area contributed by atoms with Crippen LogP contribution in [-0.4, -0.2) is 30.4 Å². The lowest BCUT2D eigenvalue weighted by Crippen LogP contribution is -2.31. The van der Waals surface area contributed by atoms with E-state index in [0.717, 1.165) is 5.56 Å². The van der Waals surface area contributed by atoms with E-state index in [1.54, 1.807) is 49.7 Å². The summed E-state index contributed by atoms with van der Waals surface area (Å²) in [6, 6.07) is 8.47. The van der Waals surface area contributed by atoms with Crippen LogP contribution in [0.3, 0.4) is 0 Å². The molecule has 6 nitrogen and oxygen atoms in total. The monoisotopic (exact) mass is 327 g/mol. The Balaban J connectivity index is 1.99. The predicted octanol–water partition coefficient (Wildman–Crippen LogP) is 3.17. The van der Waals surface area contributed by atoms with E-state index in [1.165, 1.54) is 4.90 Å². The number of benzene rings is 1. The third-order valence-corrected chi connectivity index (χ3v) is 3.48. The molecule has 0 aliphatic carbocycles. The van der Waals surface area contributed by atoms with Gasteiger partial charge in [0, 0.05) is 24.8 Å². The number of carbonyl (C=O) groups is 2. The predicted molar refractivity (Wildman–Crippen MR) is 92.9 cm³/mol. The minimum absolute atomic E-state index is 0.198. The lowest BCUT2D eigenvalue weighted by Gasteiger charge is -2.17. The smallest absolute Gasteiger partial charge is 0.321 e. The van der Waals surface area contributed by atoms with E-state index >= 15 is 0 Å². The highest BCUT2D eigenvalue weighted by Gasteiger charge is 2.11. The molecule has 0 saturated heterocycles. The van der Waals surface area contributed by atoms with E-state index in [9.17, 15) is 9.59 Å². The second-order valence-corrected chi connectivity index (χ2v) is 5.39. The lowest BCUT2D eigenvalue weighted by atomic mass is 10.1. The Bertz CT molecular complexity index is 723. The molecule has 126 valence electrons. The van der Waals surface area contributed by atoms with E-state index in [4.69, 9.17) is 4.42 Å². The van der Waals surface area contributed by atoms with Crippen molar-refractivity contribution in [2.45, 2.75) is 13.5 Å². The Kier molecular flexibility index (Phi) is 5.78. The summed E-state index contributed by atoms with van der Waals surface area (Å²) in [5.41, 5.74) is 2.00. The molecule has 0 aliphatic heterocycles. The van der Waals surface area contributed by atoms with Gasteiger partial charge in [-0.1, -0.05) is 6.08 Å². The Morgan fingerprint density at radius 3 is 2.75 bits per heavy atom. The molecule has 1 heterocycles. The van der Waals surface area contributed by atoms with Crippen molar-refractivity contribution in [2.24, 2.45) is 0 Å². The molecule has 1 aromatic carbocycles. The highest BCUT2D eigenvalue weighted by atomic mass is 16.3. The maximum absolute atomic E-state index is 12.2. The first kappa shape index (κ1) is 17.3. The fourth-order valence-electron chi connectivity index (χ4n) is 2.11. The number of aryl methyl sites for hydroxylation is 1. The minimum Gasteiger partial charge on any atom is -0.467 e. The van der Waals surface area contributed by atoms with Gasteiger partial charge in [-0.15, -0.1) is 6.58 Å². The minimum atomic E-state index is -0.229. The number of hydrogen-bond donors (Lipinski definition) is 2. The summed E-state index contributed by atoms with van der Waals surface area (Å²) in [6.07, 6.45) is 3.21. The molecule has 0 bridgehead atoms. The summed E-state index contributed by atoms with van der Waals surface area (Å²) >= 11 is 0. The van der Waals surface area contributed by atoms with Crippen molar-refractivity contribution < 1.29 is 14.0 Å². The fraction of sp³-hybridized carbons (Fsp3) is 0.222. The molecule has 0 radical (unpaired) electrons. The van der Waals surface area contributed by atoms with Crippen LogP contribution in [0.4, 0.5) is 10.5 Å². The number of urea groups is 1. The van der Waals surface area contributed by atoms with Gasteiger partial charge >= 0.3 is 6.03 Å². The zero-order valence-corrected chi connectivity index (χ0v) is 13.8. The number of rotatable bonds is 6. The van der Waals surface area contributed by atoms with Crippen LogP contribution >= 0.6 is 0 Å². The molecular weight excluding hydrogens is 306 g/mol. The first-order chi connectivity index (χ1) is 11.5. The van der Waals surface area contributed by atoms with Gasteiger partial charge in [-0.25, -0.2) is 4.79 Å². The van der Waals surface area contributed by atoms with Gasteiger partial charge in [-0.3, -0.25) is 4.79 Å². The first-order valence-electron chi connectivity index (χ1n) is 7.55. The van der Waals surface area contributed by atoms with Crippen LogP contribution in [0.2, 0.25) is 0 Å². The molecule has 2 aromatic rings.